The number of piperazine rings is 1. The van der Waals surface area contributed by atoms with Gasteiger partial charge in [0.1, 0.15) is 0 Å². The van der Waals surface area contributed by atoms with Gasteiger partial charge in [-0.05, 0) is 33.7 Å². The molecule has 0 radical (unpaired) electrons. The number of hydrogen-bond donors (Lipinski definition) is 0. The van der Waals surface area contributed by atoms with Crippen LogP contribution in [-0.4, -0.2) is 73.9 Å². The number of hydrogen-bond acceptors (Lipinski definition) is 5. The topological polar surface area (TPSA) is 42.0 Å². The molecule has 3 unspecified atom stereocenters. The van der Waals surface area contributed by atoms with Gasteiger partial charge in [-0.3, -0.25) is 9.69 Å². The van der Waals surface area contributed by atoms with Crippen molar-refractivity contribution in [3.05, 3.63) is 0 Å². The van der Waals surface area contributed by atoms with Gasteiger partial charge in [0.2, 0.25) is 0 Å². The van der Waals surface area contributed by atoms with Gasteiger partial charge >= 0.3 is 5.97 Å². The third-order valence-corrected chi connectivity index (χ3v) is 4.38. The summed E-state index contributed by atoms with van der Waals surface area (Å²) in [6, 6.07) is 0.174. The molecule has 2 fully saturated rings. The van der Waals surface area contributed by atoms with Gasteiger partial charge in [0.25, 0.3) is 0 Å². The summed E-state index contributed by atoms with van der Waals surface area (Å²) in [5, 5.41) is 0. The molecule has 116 valence electrons. The molecule has 2 saturated heterocycles. The highest BCUT2D eigenvalue weighted by Crippen LogP contribution is 2.27. The van der Waals surface area contributed by atoms with Crippen molar-refractivity contribution >= 4 is 5.97 Å². The summed E-state index contributed by atoms with van der Waals surface area (Å²) in [4.78, 5) is 16.6. The van der Waals surface area contributed by atoms with Crippen molar-refractivity contribution in [1.82, 2.24) is 9.80 Å². The zero-order valence-corrected chi connectivity index (χ0v) is 13.0. The molecule has 2 aliphatic rings. The van der Waals surface area contributed by atoms with Crippen LogP contribution in [0.3, 0.4) is 0 Å². The Morgan fingerprint density at radius 1 is 1.30 bits per heavy atom. The lowest BCUT2D eigenvalue weighted by Gasteiger charge is -2.39. The maximum Gasteiger partial charge on any atom is 0.307 e. The summed E-state index contributed by atoms with van der Waals surface area (Å²) in [5.41, 5.74) is 0. The Labute approximate surface area is 122 Å². The van der Waals surface area contributed by atoms with Gasteiger partial charge in [0.05, 0.1) is 25.2 Å². The molecule has 2 heterocycles. The fourth-order valence-corrected chi connectivity index (χ4v) is 3.16. The number of rotatable bonds is 5. The minimum atomic E-state index is -0.0976. The molecule has 0 aliphatic carbocycles. The van der Waals surface area contributed by atoms with E-state index in [-0.39, 0.29) is 18.1 Å². The van der Waals surface area contributed by atoms with E-state index in [9.17, 15) is 4.79 Å². The summed E-state index contributed by atoms with van der Waals surface area (Å²) < 4.78 is 11.2. The van der Waals surface area contributed by atoms with Crippen LogP contribution in [-0.2, 0) is 14.3 Å². The first-order chi connectivity index (χ1) is 9.60. The maximum atomic E-state index is 11.9. The molecular weight excluding hydrogens is 256 g/mol. The molecule has 5 heteroatoms. The summed E-state index contributed by atoms with van der Waals surface area (Å²) >= 11 is 0. The minimum absolute atomic E-state index is 0.0976. The van der Waals surface area contributed by atoms with Gasteiger partial charge in [-0.25, -0.2) is 0 Å². The lowest BCUT2D eigenvalue weighted by molar-refractivity contribution is -0.146. The molecular formula is C15H28N2O3. The summed E-state index contributed by atoms with van der Waals surface area (Å²) in [5.74, 6) is -0.0976. The molecule has 0 saturated carbocycles. The molecule has 2 aliphatic heterocycles. The number of carbonyl (C=O) groups excluding carboxylic acids is 1. The Morgan fingerprint density at radius 2 is 2.00 bits per heavy atom. The van der Waals surface area contributed by atoms with Gasteiger partial charge in [-0.2, -0.15) is 0 Å². The second-order valence-corrected chi connectivity index (χ2v) is 5.98. The molecule has 0 aromatic carbocycles. The summed E-state index contributed by atoms with van der Waals surface area (Å²) in [6.07, 6.45) is 3.10. The lowest BCUT2D eigenvalue weighted by Crippen LogP contribution is -2.53. The molecule has 0 aromatic heterocycles. The van der Waals surface area contributed by atoms with Gasteiger partial charge in [0.15, 0.2) is 0 Å². The van der Waals surface area contributed by atoms with Crippen molar-refractivity contribution in [2.24, 2.45) is 0 Å². The zero-order valence-electron chi connectivity index (χ0n) is 13.0. The fraction of sp³-hybridized carbons (Fsp3) is 0.933. The number of likely N-dealkylation sites (N-methyl/N-ethyl adjacent to an activating group) is 1. The Hall–Kier alpha value is -0.650. The average Bonchev–Trinajstić information content (AvgIpc) is 2.84. The Kier molecular flexibility index (Phi) is 5.81. The standard InChI is InChI=1S/C15H28N2O3/c1-4-19-15(18)11-13(14-6-5-12(2)20-14)17-9-7-16(3)8-10-17/h12-14H,4-11H2,1-3H3. The monoisotopic (exact) mass is 284 g/mol. The maximum absolute atomic E-state index is 11.9. The highest BCUT2D eigenvalue weighted by atomic mass is 16.5. The van der Waals surface area contributed by atoms with Crippen LogP contribution in [0.4, 0.5) is 0 Å². The number of nitrogens with zero attached hydrogens (tertiary/aromatic N) is 2. The van der Waals surface area contributed by atoms with Crippen molar-refractivity contribution in [3.63, 3.8) is 0 Å². The molecule has 3 atom stereocenters. The molecule has 0 spiro atoms. The number of ether oxygens (including phenoxy) is 2. The summed E-state index contributed by atoms with van der Waals surface area (Å²) in [6.45, 7) is 8.56. The third-order valence-electron chi connectivity index (χ3n) is 4.38. The van der Waals surface area contributed by atoms with E-state index in [0.717, 1.165) is 39.0 Å². The van der Waals surface area contributed by atoms with Crippen LogP contribution in [0.2, 0.25) is 0 Å². The normalized spacial score (nSPS) is 30.4. The predicted molar refractivity (Wildman–Crippen MR) is 77.7 cm³/mol. The van der Waals surface area contributed by atoms with Crippen LogP contribution in [0.15, 0.2) is 0 Å². The molecule has 2 rings (SSSR count). The van der Waals surface area contributed by atoms with Gasteiger partial charge in [0, 0.05) is 32.2 Å². The van der Waals surface area contributed by atoms with Crippen LogP contribution >= 0.6 is 0 Å². The van der Waals surface area contributed by atoms with E-state index in [4.69, 9.17) is 9.47 Å². The van der Waals surface area contributed by atoms with Crippen LogP contribution in [0, 0.1) is 0 Å². The van der Waals surface area contributed by atoms with Crippen molar-refractivity contribution in [1.29, 1.82) is 0 Å². The Balaban J connectivity index is 1.97. The fourth-order valence-electron chi connectivity index (χ4n) is 3.16. The predicted octanol–water partition coefficient (Wildman–Crippen LogP) is 1.12. The third kappa shape index (κ3) is 4.17. The van der Waals surface area contributed by atoms with Gasteiger partial charge in [-0.1, -0.05) is 0 Å². The van der Waals surface area contributed by atoms with Crippen molar-refractivity contribution in [3.8, 4) is 0 Å². The first-order valence-electron chi connectivity index (χ1n) is 7.83. The van der Waals surface area contributed by atoms with Crippen LogP contribution in [0.5, 0.6) is 0 Å². The SMILES string of the molecule is CCOC(=O)CC(C1CCC(C)O1)N1CCN(C)CC1. The molecule has 5 nitrogen and oxygen atoms in total. The van der Waals surface area contributed by atoms with Crippen LogP contribution in [0.25, 0.3) is 0 Å². The van der Waals surface area contributed by atoms with Gasteiger partial charge in [-0.15, -0.1) is 0 Å². The molecule has 0 aromatic rings. The minimum Gasteiger partial charge on any atom is -0.466 e. The first kappa shape index (κ1) is 15.7. The van der Waals surface area contributed by atoms with Crippen molar-refractivity contribution in [2.45, 2.75) is 51.4 Å². The number of carbonyl (C=O) groups is 1. The summed E-state index contributed by atoms with van der Waals surface area (Å²) in [7, 11) is 2.14. The second-order valence-electron chi connectivity index (χ2n) is 5.98. The van der Waals surface area contributed by atoms with E-state index in [0.29, 0.717) is 19.1 Å². The smallest absolute Gasteiger partial charge is 0.307 e. The zero-order chi connectivity index (χ0) is 14.5. The Morgan fingerprint density at radius 3 is 2.55 bits per heavy atom. The largest absolute Gasteiger partial charge is 0.466 e. The van der Waals surface area contributed by atoms with Crippen LogP contribution in [0.1, 0.15) is 33.1 Å². The quantitative estimate of drug-likeness (QED) is 0.708. The van der Waals surface area contributed by atoms with E-state index in [2.05, 4.69) is 23.8 Å². The van der Waals surface area contributed by atoms with E-state index in [1.165, 1.54) is 0 Å². The highest BCUT2D eigenvalue weighted by Gasteiger charge is 2.36. The highest BCUT2D eigenvalue weighted by molar-refractivity contribution is 5.70. The molecule has 20 heavy (non-hydrogen) atoms. The molecule has 0 bridgehead atoms. The second kappa shape index (κ2) is 7.38. The molecule has 0 N–H and O–H groups in total. The van der Waals surface area contributed by atoms with Crippen molar-refractivity contribution in [2.75, 3.05) is 39.8 Å². The first-order valence-corrected chi connectivity index (χ1v) is 7.83. The van der Waals surface area contributed by atoms with E-state index >= 15 is 0 Å². The average molecular weight is 284 g/mol. The Bertz CT molecular complexity index is 316. The lowest BCUT2D eigenvalue weighted by atomic mass is 10.0. The van der Waals surface area contributed by atoms with E-state index in [1.807, 2.05) is 6.92 Å². The van der Waals surface area contributed by atoms with E-state index in [1.54, 1.807) is 0 Å². The van der Waals surface area contributed by atoms with Gasteiger partial charge < -0.3 is 14.4 Å². The van der Waals surface area contributed by atoms with Crippen LogP contribution < -0.4 is 0 Å². The van der Waals surface area contributed by atoms with Crippen molar-refractivity contribution < 1.29 is 14.3 Å². The number of esters is 1. The van der Waals surface area contributed by atoms with E-state index < -0.39 is 0 Å². The molecule has 0 amide bonds.